The minimum Gasteiger partial charge on any atom is -0.464 e. The number of carbonyl (C=O) groups excluding carboxylic acids is 3. The molecule has 2 unspecified atom stereocenters. The summed E-state index contributed by atoms with van der Waals surface area (Å²) in [7, 11) is 0. The van der Waals surface area contributed by atoms with Gasteiger partial charge < -0.3 is 15.4 Å². The Hall–Kier alpha value is -1.94. The average molecular weight is 615 g/mol. The van der Waals surface area contributed by atoms with Crippen LogP contribution in [0.4, 0.5) is 22.0 Å². The Labute approximate surface area is 249 Å². The highest BCUT2D eigenvalue weighted by Gasteiger charge is 2.63. The highest BCUT2D eigenvalue weighted by Crippen LogP contribution is 2.35. The standard InChI is InChI=1S/C31H55F5N2O4/c1-6-7-8-9-10-11-12-13-14-15-16-17-18-19-20-21-22-42-28(40)26(24(4)5)37-27(39)25(23(2)3)38-29(41)30(32,33)31(34,35)36/h23-26H,6-22H2,1-5H3,(H,37,39)(H,38,41). The van der Waals surface area contributed by atoms with Crippen LogP contribution < -0.4 is 10.6 Å². The lowest BCUT2D eigenvalue weighted by atomic mass is 10.00. The van der Waals surface area contributed by atoms with Gasteiger partial charge in [-0.25, -0.2) is 4.79 Å². The molecule has 42 heavy (non-hydrogen) atoms. The molecule has 0 bridgehead atoms. The van der Waals surface area contributed by atoms with Gasteiger partial charge in [-0.1, -0.05) is 131 Å². The zero-order chi connectivity index (χ0) is 32.2. The van der Waals surface area contributed by atoms with Gasteiger partial charge in [0.2, 0.25) is 5.91 Å². The molecule has 248 valence electrons. The molecule has 0 radical (unpaired) electrons. The first-order valence-electron chi connectivity index (χ1n) is 15.9. The Morgan fingerprint density at radius 1 is 0.595 bits per heavy atom. The third-order valence-electron chi connectivity index (χ3n) is 7.34. The van der Waals surface area contributed by atoms with E-state index in [-0.39, 0.29) is 6.61 Å². The minimum absolute atomic E-state index is 0.151. The van der Waals surface area contributed by atoms with Crippen LogP contribution >= 0.6 is 0 Å². The smallest absolute Gasteiger partial charge is 0.463 e. The highest BCUT2D eigenvalue weighted by molar-refractivity contribution is 5.93. The molecule has 2 atom stereocenters. The molecule has 0 aliphatic heterocycles. The maximum Gasteiger partial charge on any atom is 0.463 e. The van der Waals surface area contributed by atoms with Gasteiger partial charge in [-0.15, -0.1) is 0 Å². The van der Waals surface area contributed by atoms with E-state index in [1.807, 2.05) is 0 Å². The lowest BCUT2D eigenvalue weighted by Gasteiger charge is -2.28. The summed E-state index contributed by atoms with van der Waals surface area (Å²) in [6.45, 7) is 8.38. The van der Waals surface area contributed by atoms with Crippen LogP contribution in [0.1, 0.15) is 137 Å². The van der Waals surface area contributed by atoms with Gasteiger partial charge in [0.15, 0.2) is 0 Å². The molecule has 0 rings (SSSR count). The van der Waals surface area contributed by atoms with Gasteiger partial charge in [0.1, 0.15) is 12.1 Å². The van der Waals surface area contributed by atoms with Crippen LogP contribution in [0.3, 0.4) is 0 Å². The summed E-state index contributed by atoms with van der Waals surface area (Å²) in [5, 5.41) is 3.82. The number of hydrogen-bond acceptors (Lipinski definition) is 4. The Bertz CT molecular complexity index is 760. The van der Waals surface area contributed by atoms with Gasteiger partial charge >= 0.3 is 24.0 Å². The van der Waals surface area contributed by atoms with Crippen molar-refractivity contribution in [2.45, 2.75) is 162 Å². The minimum atomic E-state index is -6.11. The first-order valence-corrected chi connectivity index (χ1v) is 15.9. The molecule has 0 aliphatic rings. The quantitative estimate of drug-likeness (QED) is 0.0651. The number of nitrogens with one attached hydrogen (secondary N) is 2. The van der Waals surface area contributed by atoms with Crippen LogP contribution in [-0.4, -0.2) is 48.6 Å². The summed E-state index contributed by atoms with van der Waals surface area (Å²) in [6.07, 6.45) is 13.3. The second kappa shape index (κ2) is 21.7. The van der Waals surface area contributed by atoms with E-state index in [9.17, 15) is 36.3 Å². The molecular weight excluding hydrogens is 559 g/mol. The van der Waals surface area contributed by atoms with Crippen molar-refractivity contribution in [1.29, 1.82) is 0 Å². The summed E-state index contributed by atoms with van der Waals surface area (Å²) in [5.74, 6) is -11.3. The SMILES string of the molecule is CCCCCCCCCCCCCCCCCCOC(=O)C(NC(=O)C(NC(=O)C(F)(F)C(F)(F)F)C(C)C)C(C)C. The molecule has 0 aromatic heterocycles. The maximum atomic E-state index is 13.4. The molecule has 2 N–H and O–H groups in total. The number of unbranched alkanes of at least 4 members (excludes halogenated alkanes) is 15. The highest BCUT2D eigenvalue weighted by atomic mass is 19.4. The van der Waals surface area contributed by atoms with Crippen LogP contribution in [0.5, 0.6) is 0 Å². The Morgan fingerprint density at radius 3 is 1.33 bits per heavy atom. The van der Waals surface area contributed by atoms with Crippen LogP contribution in [0.15, 0.2) is 0 Å². The molecule has 0 heterocycles. The number of esters is 1. The summed E-state index contributed by atoms with van der Waals surface area (Å²) >= 11 is 0. The third kappa shape index (κ3) is 16.6. The third-order valence-corrected chi connectivity index (χ3v) is 7.34. The topological polar surface area (TPSA) is 84.5 Å². The van der Waals surface area contributed by atoms with Crippen molar-refractivity contribution in [2.75, 3.05) is 6.61 Å². The van der Waals surface area contributed by atoms with E-state index in [1.165, 1.54) is 96.2 Å². The monoisotopic (exact) mass is 614 g/mol. The molecule has 0 spiro atoms. The van der Waals surface area contributed by atoms with E-state index >= 15 is 0 Å². The van der Waals surface area contributed by atoms with Gasteiger partial charge in [0, 0.05) is 0 Å². The van der Waals surface area contributed by atoms with Crippen molar-refractivity contribution in [3.63, 3.8) is 0 Å². The van der Waals surface area contributed by atoms with E-state index in [1.54, 1.807) is 13.8 Å². The van der Waals surface area contributed by atoms with E-state index in [4.69, 9.17) is 4.74 Å². The van der Waals surface area contributed by atoms with Gasteiger partial charge in [-0.2, -0.15) is 22.0 Å². The normalized spacial score (nSPS) is 13.7. The molecule has 0 fully saturated rings. The molecular formula is C31H55F5N2O4. The summed E-state index contributed by atoms with van der Waals surface area (Å²) in [6, 6.07) is -2.86. The van der Waals surface area contributed by atoms with Crippen LogP contribution in [0.25, 0.3) is 0 Å². The number of rotatable bonds is 24. The average Bonchev–Trinajstić information content (AvgIpc) is 2.90. The second-order valence-electron chi connectivity index (χ2n) is 12.0. The fourth-order valence-electron chi connectivity index (χ4n) is 4.55. The molecule has 6 nitrogen and oxygen atoms in total. The van der Waals surface area contributed by atoms with Crippen LogP contribution in [0.2, 0.25) is 0 Å². The molecule has 0 aromatic carbocycles. The number of alkyl halides is 5. The van der Waals surface area contributed by atoms with Gasteiger partial charge in [0.25, 0.3) is 0 Å². The van der Waals surface area contributed by atoms with Gasteiger partial charge in [-0.05, 0) is 18.3 Å². The van der Waals surface area contributed by atoms with E-state index in [2.05, 4.69) is 12.2 Å². The van der Waals surface area contributed by atoms with Crippen LogP contribution in [0, 0.1) is 11.8 Å². The van der Waals surface area contributed by atoms with E-state index in [0.29, 0.717) is 6.42 Å². The Morgan fingerprint density at radius 2 is 0.976 bits per heavy atom. The molecule has 0 saturated heterocycles. The molecule has 2 amide bonds. The lowest BCUT2D eigenvalue weighted by Crippen LogP contribution is -2.59. The van der Waals surface area contributed by atoms with Crippen molar-refractivity contribution >= 4 is 17.8 Å². The van der Waals surface area contributed by atoms with Crippen LogP contribution in [-0.2, 0) is 19.1 Å². The molecule has 0 aliphatic carbocycles. The van der Waals surface area contributed by atoms with Crippen molar-refractivity contribution in [2.24, 2.45) is 11.8 Å². The van der Waals surface area contributed by atoms with Crippen molar-refractivity contribution < 1.29 is 41.1 Å². The van der Waals surface area contributed by atoms with Crippen molar-refractivity contribution in [3.05, 3.63) is 0 Å². The predicted molar refractivity (Wildman–Crippen MR) is 155 cm³/mol. The Kier molecular flexibility index (Phi) is 20.7. The van der Waals surface area contributed by atoms with Gasteiger partial charge in [-0.3, -0.25) is 9.59 Å². The zero-order valence-electron chi connectivity index (χ0n) is 26.4. The first kappa shape index (κ1) is 40.1. The summed E-state index contributed by atoms with van der Waals surface area (Å²) in [4.78, 5) is 36.9. The lowest BCUT2D eigenvalue weighted by molar-refractivity contribution is -0.270. The fourth-order valence-corrected chi connectivity index (χ4v) is 4.55. The summed E-state index contributed by atoms with van der Waals surface area (Å²) in [5.41, 5.74) is 0. The molecule has 11 heteroatoms. The van der Waals surface area contributed by atoms with E-state index in [0.717, 1.165) is 19.3 Å². The number of carbonyl (C=O) groups is 3. The van der Waals surface area contributed by atoms with Gasteiger partial charge in [0.05, 0.1) is 6.61 Å². The number of amides is 2. The predicted octanol–water partition coefficient (Wildman–Crippen LogP) is 8.27. The number of ether oxygens (including phenoxy) is 1. The fraction of sp³-hybridized carbons (Fsp3) is 0.903. The maximum absolute atomic E-state index is 13.4. The summed E-state index contributed by atoms with van der Waals surface area (Å²) < 4.78 is 69.7. The second-order valence-corrected chi connectivity index (χ2v) is 12.0. The van der Waals surface area contributed by atoms with E-state index < -0.39 is 53.8 Å². The van der Waals surface area contributed by atoms with Crippen molar-refractivity contribution in [1.82, 2.24) is 10.6 Å². The van der Waals surface area contributed by atoms with Crippen molar-refractivity contribution in [3.8, 4) is 0 Å². The largest absolute Gasteiger partial charge is 0.464 e. The molecule has 0 saturated carbocycles. The number of halogens is 5. The molecule has 0 aromatic rings. The zero-order valence-corrected chi connectivity index (χ0v) is 26.4. The Balaban J connectivity index is 4.29. The first-order chi connectivity index (χ1) is 19.7. The number of hydrogen-bond donors (Lipinski definition) is 2.